The molecule has 0 radical (unpaired) electrons. The number of nitrogens with one attached hydrogen (secondary N) is 2. The average Bonchev–Trinajstić information content (AvgIpc) is 2.82. The van der Waals surface area contributed by atoms with Gasteiger partial charge >= 0.3 is 12.0 Å². The first-order chi connectivity index (χ1) is 15.7. The second-order valence-corrected chi connectivity index (χ2v) is 9.19. The fourth-order valence-electron chi connectivity index (χ4n) is 4.47. The van der Waals surface area contributed by atoms with Gasteiger partial charge in [0.2, 0.25) is 0 Å². The number of rotatable bonds is 6. The number of amidine groups is 1. The van der Waals surface area contributed by atoms with Crippen molar-refractivity contribution in [2.24, 2.45) is 11.7 Å². The van der Waals surface area contributed by atoms with Crippen molar-refractivity contribution in [2.75, 3.05) is 33.8 Å². The number of benzene rings is 1. The van der Waals surface area contributed by atoms with E-state index < -0.39 is 0 Å². The number of hydrogen-bond donors (Lipinski definition) is 3. The summed E-state index contributed by atoms with van der Waals surface area (Å²) in [5.74, 6) is -0.304. The number of likely N-dealkylation sites (N-methyl/N-ethyl adjacent to an activating group) is 1. The highest BCUT2D eigenvalue weighted by molar-refractivity contribution is 5.94. The molecule has 4 N–H and O–H groups in total. The van der Waals surface area contributed by atoms with Crippen molar-refractivity contribution in [2.45, 2.75) is 50.5 Å². The summed E-state index contributed by atoms with van der Waals surface area (Å²) in [6, 6.07) is 7.82. The van der Waals surface area contributed by atoms with Gasteiger partial charge in [0, 0.05) is 38.8 Å². The fraction of sp³-hybridized carbons (Fsp3) is 0.583. The topological polar surface area (TPSA) is 129 Å². The zero-order valence-corrected chi connectivity index (χ0v) is 19.5. The molecular weight excluding hydrogens is 422 g/mol. The first-order valence-electron chi connectivity index (χ1n) is 11.6. The summed E-state index contributed by atoms with van der Waals surface area (Å²) in [6.07, 6.45) is 4.56. The Morgan fingerprint density at radius 1 is 1.06 bits per heavy atom. The molecular formula is C24H35N5O4. The van der Waals surface area contributed by atoms with Crippen LogP contribution in [0.4, 0.5) is 4.79 Å². The predicted octanol–water partition coefficient (Wildman–Crippen LogP) is 2.05. The highest BCUT2D eigenvalue weighted by atomic mass is 16.5. The maximum absolute atomic E-state index is 12.7. The lowest BCUT2D eigenvalue weighted by Gasteiger charge is -2.35. The maximum atomic E-state index is 12.7. The molecule has 0 unspecified atom stereocenters. The van der Waals surface area contributed by atoms with E-state index in [2.05, 4.69) is 5.32 Å². The molecule has 1 aliphatic carbocycles. The molecule has 0 spiro atoms. The number of urea groups is 1. The molecule has 3 amide bonds. The molecule has 1 saturated carbocycles. The van der Waals surface area contributed by atoms with Crippen LogP contribution in [0.1, 0.15) is 55.6 Å². The molecule has 0 aromatic heterocycles. The molecule has 1 heterocycles. The van der Waals surface area contributed by atoms with E-state index in [1.165, 1.54) is 10.5 Å². The zero-order chi connectivity index (χ0) is 24.0. The highest BCUT2D eigenvalue weighted by Gasteiger charge is 2.30. The number of carbonyl (C=O) groups is 3. The lowest BCUT2D eigenvalue weighted by Crippen LogP contribution is -2.48. The molecule has 2 aliphatic rings. The van der Waals surface area contributed by atoms with Gasteiger partial charge < -0.3 is 25.6 Å². The molecule has 9 nitrogen and oxygen atoms in total. The van der Waals surface area contributed by atoms with Gasteiger partial charge in [0.25, 0.3) is 5.91 Å². The molecule has 1 aliphatic heterocycles. The van der Waals surface area contributed by atoms with Gasteiger partial charge in [0.05, 0.1) is 5.92 Å². The van der Waals surface area contributed by atoms with Crippen molar-refractivity contribution in [3.8, 4) is 0 Å². The van der Waals surface area contributed by atoms with Crippen molar-refractivity contribution in [1.29, 1.82) is 5.41 Å². The molecule has 1 saturated heterocycles. The number of nitrogens with zero attached hydrogens (tertiary/aromatic N) is 2. The zero-order valence-electron chi connectivity index (χ0n) is 19.5. The largest absolute Gasteiger partial charge is 0.455 e. The fourth-order valence-corrected chi connectivity index (χ4v) is 4.47. The Morgan fingerprint density at radius 3 is 2.21 bits per heavy atom. The number of hydrogen-bond acceptors (Lipinski definition) is 5. The minimum atomic E-state index is -0.326. The van der Waals surface area contributed by atoms with Gasteiger partial charge in [0.1, 0.15) is 5.84 Å². The third-order valence-electron chi connectivity index (χ3n) is 6.70. The van der Waals surface area contributed by atoms with Crippen LogP contribution in [0.15, 0.2) is 24.3 Å². The Labute approximate surface area is 195 Å². The van der Waals surface area contributed by atoms with E-state index in [1.807, 2.05) is 29.2 Å². The normalized spacial score (nSPS) is 21.2. The Hall–Kier alpha value is -3.10. The van der Waals surface area contributed by atoms with Crippen molar-refractivity contribution in [1.82, 2.24) is 15.1 Å². The van der Waals surface area contributed by atoms with Gasteiger partial charge in [0.15, 0.2) is 6.61 Å². The van der Waals surface area contributed by atoms with E-state index in [0.29, 0.717) is 31.8 Å². The summed E-state index contributed by atoms with van der Waals surface area (Å²) >= 11 is 0. The van der Waals surface area contributed by atoms with Crippen LogP contribution < -0.4 is 11.1 Å². The SMILES string of the molecule is CN(C)C(=O)COC(=O)C1CCC(NC(=O)N2CCC(c3ccc(C(=N)N)cc3)CC2)CC1. The van der Waals surface area contributed by atoms with Gasteiger partial charge in [-0.3, -0.25) is 15.0 Å². The first kappa shape index (κ1) is 24.5. The quantitative estimate of drug-likeness (QED) is 0.342. The third-order valence-corrected chi connectivity index (χ3v) is 6.70. The van der Waals surface area contributed by atoms with Gasteiger partial charge in [-0.2, -0.15) is 0 Å². The third kappa shape index (κ3) is 6.69. The molecule has 1 aromatic carbocycles. The molecule has 3 rings (SSSR count). The molecule has 2 fully saturated rings. The molecule has 9 heteroatoms. The summed E-state index contributed by atoms with van der Waals surface area (Å²) in [5.41, 5.74) is 7.47. The van der Waals surface area contributed by atoms with Crippen LogP contribution in [-0.2, 0) is 14.3 Å². The lowest BCUT2D eigenvalue weighted by molar-refractivity contribution is -0.155. The first-order valence-corrected chi connectivity index (χ1v) is 11.6. The van der Waals surface area contributed by atoms with Crippen LogP contribution in [0.25, 0.3) is 0 Å². The van der Waals surface area contributed by atoms with Crippen LogP contribution in [0.3, 0.4) is 0 Å². The number of esters is 1. The van der Waals surface area contributed by atoms with E-state index in [1.54, 1.807) is 14.1 Å². The lowest BCUT2D eigenvalue weighted by atomic mass is 9.86. The molecule has 180 valence electrons. The molecule has 0 bridgehead atoms. The van der Waals surface area contributed by atoms with E-state index in [0.717, 1.165) is 31.2 Å². The van der Waals surface area contributed by atoms with Gasteiger partial charge in [-0.25, -0.2) is 4.79 Å². The van der Waals surface area contributed by atoms with E-state index in [4.69, 9.17) is 15.9 Å². The van der Waals surface area contributed by atoms with Crippen LogP contribution in [0.2, 0.25) is 0 Å². The second-order valence-electron chi connectivity index (χ2n) is 9.19. The highest BCUT2D eigenvalue weighted by Crippen LogP contribution is 2.29. The summed E-state index contributed by atoms with van der Waals surface area (Å²) in [5, 5.41) is 10.6. The summed E-state index contributed by atoms with van der Waals surface area (Å²) < 4.78 is 5.14. The minimum absolute atomic E-state index is 0.0389. The van der Waals surface area contributed by atoms with Crippen LogP contribution in [-0.4, -0.2) is 73.4 Å². The number of piperidine rings is 1. The number of nitrogen functional groups attached to an aromatic ring is 1. The van der Waals surface area contributed by atoms with Crippen LogP contribution in [0, 0.1) is 11.3 Å². The smallest absolute Gasteiger partial charge is 0.317 e. The summed E-state index contributed by atoms with van der Waals surface area (Å²) in [4.78, 5) is 39.8. The van der Waals surface area contributed by atoms with Crippen molar-refractivity contribution in [3.05, 3.63) is 35.4 Å². The number of carbonyl (C=O) groups excluding carboxylic acids is 3. The summed E-state index contributed by atoms with van der Waals surface area (Å²) in [7, 11) is 3.25. The standard InChI is InChI=1S/C24H35N5O4/c1-28(2)21(30)15-33-23(31)19-7-9-20(10-8-19)27-24(32)29-13-11-17(12-14-29)16-3-5-18(6-4-16)22(25)26/h3-6,17,19-20H,7-15H2,1-2H3,(H3,25,26)(H,27,32). The van der Waals surface area contributed by atoms with E-state index in [9.17, 15) is 14.4 Å². The minimum Gasteiger partial charge on any atom is -0.455 e. The second kappa shape index (κ2) is 11.2. The molecule has 1 aromatic rings. The number of amides is 3. The Balaban J connectivity index is 1.38. The number of likely N-dealkylation sites (tertiary alicyclic amines) is 1. The molecule has 33 heavy (non-hydrogen) atoms. The average molecular weight is 458 g/mol. The summed E-state index contributed by atoms with van der Waals surface area (Å²) in [6.45, 7) is 1.18. The molecule has 0 atom stereocenters. The van der Waals surface area contributed by atoms with Crippen molar-refractivity contribution in [3.63, 3.8) is 0 Å². The Kier molecular flexibility index (Phi) is 8.30. The Morgan fingerprint density at radius 2 is 1.67 bits per heavy atom. The van der Waals surface area contributed by atoms with Crippen molar-refractivity contribution < 1.29 is 19.1 Å². The van der Waals surface area contributed by atoms with Gasteiger partial charge in [-0.15, -0.1) is 0 Å². The maximum Gasteiger partial charge on any atom is 0.317 e. The van der Waals surface area contributed by atoms with E-state index in [-0.39, 0.29) is 42.3 Å². The Bertz CT molecular complexity index is 854. The van der Waals surface area contributed by atoms with Gasteiger partial charge in [-0.05, 0) is 50.0 Å². The monoisotopic (exact) mass is 457 g/mol. The van der Waals surface area contributed by atoms with Gasteiger partial charge in [-0.1, -0.05) is 24.3 Å². The number of ether oxygens (including phenoxy) is 1. The van der Waals surface area contributed by atoms with Crippen LogP contribution in [0.5, 0.6) is 0 Å². The predicted molar refractivity (Wildman–Crippen MR) is 125 cm³/mol. The van der Waals surface area contributed by atoms with Crippen molar-refractivity contribution >= 4 is 23.7 Å². The number of nitrogens with two attached hydrogens (primary N) is 1. The van der Waals surface area contributed by atoms with E-state index >= 15 is 0 Å². The van der Waals surface area contributed by atoms with Crippen LogP contribution >= 0.6 is 0 Å².